The molecule has 4 rings (SSSR count). The molecule has 0 bridgehead atoms. The number of aryl methyl sites for hydroxylation is 1. The van der Waals surface area contributed by atoms with Gasteiger partial charge in [0.1, 0.15) is 11.6 Å². The number of anilines is 2. The monoisotopic (exact) mass is 410 g/mol. The summed E-state index contributed by atoms with van der Waals surface area (Å²) in [6, 6.07) is 14.3. The average Bonchev–Trinajstić information content (AvgIpc) is 3.20. The van der Waals surface area contributed by atoms with Crippen molar-refractivity contribution in [3.8, 4) is 0 Å². The molecule has 0 saturated carbocycles. The number of carbonyl (C=O) groups excluding carboxylic acids is 1. The van der Waals surface area contributed by atoms with E-state index in [0.29, 0.717) is 5.69 Å². The number of carbonyl (C=O) groups is 1. The fraction of sp³-hybridized carbons (Fsp3) is 0.318. The number of hydrogen-bond donors (Lipinski definition) is 1. The van der Waals surface area contributed by atoms with Gasteiger partial charge in [0.2, 0.25) is 11.0 Å². The first kappa shape index (κ1) is 19.5. The van der Waals surface area contributed by atoms with Gasteiger partial charge in [-0.25, -0.2) is 9.37 Å². The maximum Gasteiger partial charge on any atom is 0.227 e. The van der Waals surface area contributed by atoms with E-state index < -0.39 is 0 Å². The molecule has 2 heterocycles. The molecular weight excluding hydrogens is 387 g/mol. The lowest BCUT2D eigenvalue weighted by Crippen LogP contribution is -2.38. The highest BCUT2D eigenvalue weighted by atomic mass is 32.1. The standard InChI is InChI=1S/C22H23FN4OS/c1-15-2-4-16(5-3-15)14-20-25-22(29-26-20)27-12-10-17(11-13-27)21(28)24-19-8-6-18(23)7-9-19/h2-9,17H,10-14H2,1H3,(H,24,28). The molecule has 0 aliphatic carbocycles. The van der Waals surface area contributed by atoms with Gasteiger partial charge in [0.25, 0.3) is 0 Å². The summed E-state index contributed by atoms with van der Waals surface area (Å²) in [5.41, 5.74) is 3.08. The van der Waals surface area contributed by atoms with Gasteiger partial charge in [-0.3, -0.25) is 4.79 Å². The van der Waals surface area contributed by atoms with Crippen molar-refractivity contribution in [2.24, 2.45) is 5.92 Å². The highest BCUT2D eigenvalue weighted by Crippen LogP contribution is 2.26. The molecule has 1 amide bonds. The molecule has 1 aromatic heterocycles. The quantitative estimate of drug-likeness (QED) is 0.676. The van der Waals surface area contributed by atoms with Gasteiger partial charge in [0.15, 0.2) is 0 Å². The zero-order chi connectivity index (χ0) is 20.2. The molecule has 0 atom stereocenters. The third kappa shape index (κ3) is 4.98. The Kier molecular flexibility index (Phi) is 5.85. The third-order valence-electron chi connectivity index (χ3n) is 5.19. The van der Waals surface area contributed by atoms with Crippen molar-refractivity contribution < 1.29 is 9.18 Å². The van der Waals surface area contributed by atoms with Gasteiger partial charge in [0.05, 0.1) is 0 Å². The minimum absolute atomic E-state index is 0.00594. The number of piperidine rings is 1. The van der Waals surface area contributed by atoms with Crippen LogP contribution in [0.2, 0.25) is 0 Å². The van der Waals surface area contributed by atoms with Gasteiger partial charge in [-0.15, -0.1) is 0 Å². The molecule has 1 aliphatic rings. The molecule has 7 heteroatoms. The van der Waals surface area contributed by atoms with Gasteiger partial charge in [-0.05, 0) is 49.6 Å². The molecule has 5 nitrogen and oxygen atoms in total. The SMILES string of the molecule is Cc1ccc(Cc2nsc(N3CCC(C(=O)Nc4ccc(F)cc4)CC3)n2)cc1. The molecule has 1 N–H and O–H groups in total. The van der Waals surface area contributed by atoms with Crippen LogP contribution in [0.4, 0.5) is 15.2 Å². The van der Waals surface area contributed by atoms with Crippen LogP contribution < -0.4 is 10.2 Å². The molecule has 0 spiro atoms. The third-order valence-corrected chi connectivity index (χ3v) is 6.00. The summed E-state index contributed by atoms with van der Waals surface area (Å²) in [4.78, 5) is 19.4. The van der Waals surface area contributed by atoms with Gasteiger partial charge < -0.3 is 10.2 Å². The van der Waals surface area contributed by atoms with Crippen LogP contribution in [0.1, 0.15) is 29.8 Å². The Morgan fingerprint density at radius 1 is 1.14 bits per heavy atom. The van der Waals surface area contributed by atoms with E-state index in [2.05, 4.69) is 45.8 Å². The summed E-state index contributed by atoms with van der Waals surface area (Å²) in [6.07, 6.45) is 2.26. The van der Waals surface area contributed by atoms with Crippen LogP contribution in [0.15, 0.2) is 48.5 Å². The van der Waals surface area contributed by atoms with E-state index in [0.717, 1.165) is 43.3 Å². The zero-order valence-corrected chi connectivity index (χ0v) is 17.1. The summed E-state index contributed by atoms with van der Waals surface area (Å²) < 4.78 is 17.5. The smallest absolute Gasteiger partial charge is 0.227 e. The number of nitrogens with zero attached hydrogens (tertiary/aromatic N) is 3. The predicted molar refractivity (Wildman–Crippen MR) is 114 cm³/mol. The molecular formula is C22H23FN4OS. The van der Waals surface area contributed by atoms with E-state index in [4.69, 9.17) is 4.98 Å². The Labute approximate surface area is 173 Å². The van der Waals surface area contributed by atoms with Gasteiger partial charge in [-0.2, -0.15) is 4.37 Å². The van der Waals surface area contributed by atoms with E-state index in [1.165, 1.54) is 34.8 Å². The van der Waals surface area contributed by atoms with E-state index in [1.807, 2.05) is 0 Å². The van der Waals surface area contributed by atoms with Crippen molar-refractivity contribution in [1.82, 2.24) is 9.36 Å². The van der Waals surface area contributed by atoms with E-state index in [9.17, 15) is 9.18 Å². The summed E-state index contributed by atoms with van der Waals surface area (Å²) in [5.74, 6) is 0.477. The molecule has 0 unspecified atom stereocenters. The Hall–Kier alpha value is -2.80. The minimum Gasteiger partial charge on any atom is -0.347 e. The van der Waals surface area contributed by atoms with Crippen molar-refractivity contribution in [3.63, 3.8) is 0 Å². The number of halogens is 1. The van der Waals surface area contributed by atoms with Crippen LogP contribution in [-0.2, 0) is 11.2 Å². The number of nitrogens with one attached hydrogen (secondary N) is 1. The fourth-order valence-electron chi connectivity index (χ4n) is 3.44. The summed E-state index contributed by atoms with van der Waals surface area (Å²) in [5, 5.41) is 3.80. The highest BCUT2D eigenvalue weighted by molar-refractivity contribution is 7.09. The molecule has 2 aromatic carbocycles. The number of hydrogen-bond acceptors (Lipinski definition) is 5. The Morgan fingerprint density at radius 3 is 2.52 bits per heavy atom. The fourth-order valence-corrected chi connectivity index (χ4v) is 4.18. The Bertz CT molecular complexity index is 963. The highest BCUT2D eigenvalue weighted by Gasteiger charge is 2.26. The van der Waals surface area contributed by atoms with Gasteiger partial charge >= 0.3 is 0 Å². The van der Waals surface area contributed by atoms with E-state index in [-0.39, 0.29) is 17.6 Å². The van der Waals surface area contributed by atoms with E-state index in [1.54, 1.807) is 12.1 Å². The van der Waals surface area contributed by atoms with Crippen LogP contribution in [0, 0.1) is 18.7 Å². The molecule has 29 heavy (non-hydrogen) atoms. The average molecular weight is 411 g/mol. The normalized spacial score (nSPS) is 14.8. The second-order valence-corrected chi connectivity index (χ2v) is 8.14. The maximum atomic E-state index is 13.0. The van der Waals surface area contributed by atoms with Crippen molar-refractivity contribution in [2.75, 3.05) is 23.3 Å². The van der Waals surface area contributed by atoms with Gasteiger partial charge in [-0.1, -0.05) is 29.8 Å². The van der Waals surface area contributed by atoms with Crippen LogP contribution >= 0.6 is 11.5 Å². The Morgan fingerprint density at radius 2 is 1.83 bits per heavy atom. The number of rotatable bonds is 5. The molecule has 1 aliphatic heterocycles. The van der Waals surface area contributed by atoms with Gasteiger partial charge in [0, 0.05) is 42.6 Å². The number of benzene rings is 2. The minimum atomic E-state index is -0.310. The summed E-state index contributed by atoms with van der Waals surface area (Å²) in [6.45, 7) is 3.63. The molecule has 3 aromatic rings. The van der Waals surface area contributed by atoms with Crippen LogP contribution in [0.3, 0.4) is 0 Å². The topological polar surface area (TPSA) is 58.1 Å². The summed E-state index contributed by atoms with van der Waals surface area (Å²) >= 11 is 1.42. The first-order valence-corrected chi connectivity index (χ1v) is 10.5. The van der Waals surface area contributed by atoms with Crippen molar-refractivity contribution in [2.45, 2.75) is 26.2 Å². The lowest BCUT2D eigenvalue weighted by molar-refractivity contribution is -0.120. The molecule has 1 fully saturated rings. The number of amides is 1. The molecule has 0 radical (unpaired) electrons. The largest absolute Gasteiger partial charge is 0.347 e. The lowest BCUT2D eigenvalue weighted by atomic mass is 9.96. The first-order chi connectivity index (χ1) is 14.1. The zero-order valence-electron chi connectivity index (χ0n) is 16.3. The molecule has 1 saturated heterocycles. The second-order valence-electron chi connectivity index (χ2n) is 7.41. The van der Waals surface area contributed by atoms with Crippen molar-refractivity contribution >= 4 is 28.3 Å². The maximum absolute atomic E-state index is 13.0. The first-order valence-electron chi connectivity index (χ1n) is 9.76. The second kappa shape index (κ2) is 8.69. The Balaban J connectivity index is 1.30. The van der Waals surface area contributed by atoms with Crippen molar-refractivity contribution in [1.29, 1.82) is 0 Å². The van der Waals surface area contributed by atoms with Crippen LogP contribution in [-0.4, -0.2) is 28.4 Å². The lowest BCUT2D eigenvalue weighted by Gasteiger charge is -2.30. The predicted octanol–water partition coefficient (Wildman–Crippen LogP) is 4.43. The summed E-state index contributed by atoms with van der Waals surface area (Å²) in [7, 11) is 0. The molecule has 150 valence electrons. The van der Waals surface area contributed by atoms with Crippen LogP contribution in [0.25, 0.3) is 0 Å². The van der Waals surface area contributed by atoms with Crippen LogP contribution in [0.5, 0.6) is 0 Å². The van der Waals surface area contributed by atoms with Crippen molar-refractivity contribution in [3.05, 3.63) is 71.3 Å². The number of aromatic nitrogens is 2. The van der Waals surface area contributed by atoms with E-state index >= 15 is 0 Å².